The van der Waals surface area contributed by atoms with Gasteiger partial charge in [0.25, 0.3) is 5.56 Å². The van der Waals surface area contributed by atoms with Crippen LogP contribution in [-0.4, -0.2) is 30.8 Å². The van der Waals surface area contributed by atoms with Crippen LogP contribution in [0.4, 0.5) is 5.69 Å². The maximum atomic E-state index is 12.8. The molecule has 0 aliphatic rings. The molecular weight excluding hydrogens is 426 g/mol. The van der Waals surface area contributed by atoms with Crippen LogP contribution in [0.2, 0.25) is 5.02 Å². The van der Waals surface area contributed by atoms with Gasteiger partial charge in [-0.2, -0.15) is 0 Å². The number of anilines is 1. The molecule has 0 fully saturated rings. The van der Waals surface area contributed by atoms with Crippen molar-refractivity contribution in [2.45, 2.75) is 32.3 Å². The fourth-order valence-electron chi connectivity index (χ4n) is 2.96. The molecule has 0 aliphatic heterocycles. The Kier molecular flexibility index (Phi) is 6.62. The van der Waals surface area contributed by atoms with E-state index in [1.807, 2.05) is 13.8 Å². The van der Waals surface area contributed by atoms with Gasteiger partial charge in [-0.05, 0) is 25.0 Å². The zero-order valence-electron chi connectivity index (χ0n) is 17.1. The van der Waals surface area contributed by atoms with Gasteiger partial charge in [0.05, 0.1) is 16.5 Å². The predicted molar refractivity (Wildman–Crippen MR) is 119 cm³/mol. The van der Waals surface area contributed by atoms with Gasteiger partial charge in [-0.25, -0.2) is 14.8 Å². The highest BCUT2D eigenvalue weighted by Crippen LogP contribution is 2.24. The van der Waals surface area contributed by atoms with Crippen molar-refractivity contribution >= 4 is 46.0 Å². The van der Waals surface area contributed by atoms with Gasteiger partial charge < -0.3 is 5.32 Å². The van der Waals surface area contributed by atoms with Crippen LogP contribution in [0.5, 0.6) is 0 Å². The molecule has 10 heteroatoms. The number of hydrogen-bond acceptors (Lipinski definition) is 6. The average molecular weight is 448 g/mol. The number of amides is 1. The van der Waals surface area contributed by atoms with E-state index >= 15 is 0 Å². The van der Waals surface area contributed by atoms with Crippen molar-refractivity contribution in [1.29, 1.82) is 0 Å². The minimum absolute atomic E-state index is 0.0171. The van der Waals surface area contributed by atoms with E-state index in [4.69, 9.17) is 11.6 Å². The van der Waals surface area contributed by atoms with E-state index in [9.17, 15) is 14.4 Å². The Balaban J connectivity index is 1.99. The standard InChI is InChI=1S/C20H22ClN5O3S/c1-11(2)9-26-17-16(19(28)25(4)20(26)29)18(23-12(3)22-17)30-10-15(27)24-14-8-6-5-7-13(14)21/h5-8,11H,9-10H2,1-4H3,(H,24,27). The lowest BCUT2D eigenvalue weighted by molar-refractivity contribution is -0.113. The number of hydrogen-bond donors (Lipinski definition) is 1. The maximum Gasteiger partial charge on any atom is 0.332 e. The number of nitrogens with one attached hydrogen (secondary N) is 1. The van der Waals surface area contributed by atoms with Gasteiger partial charge in [-0.3, -0.25) is 18.7 Å². The SMILES string of the molecule is Cc1nc(SCC(=O)Nc2ccccc2Cl)c2c(=O)n(C)c(=O)n(CC(C)C)c2n1. The molecule has 0 atom stereocenters. The van der Waals surface area contributed by atoms with Gasteiger partial charge in [-0.15, -0.1) is 0 Å². The highest BCUT2D eigenvalue weighted by Gasteiger charge is 2.19. The van der Waals surface area contributed by atoms with E-state index in [2.05, 4.69) is 15.3 Å². The normalized spacial score (nSPS) is 11.3. The van der Waals surface area contributed by atoms with Crippen molar-refractivity contribution in [3.05, 3.63) is 56.0 Å². The Hall–Kier alpha value is -2.65. The molecule has 2 aromatic heterocycles. The summed E-state index contributed by atoms with van der Waals surface area (Å²) in [6.45, 7) is 6.06. The summed E-state index contributed by atoms with van der Waals surface area (Å²) < 4.78 is 2.54. The Morgan fingerprint density at radius 1 is 1.23 bits per heavy atom. The van der Waals surface area contributed by atoms with Crippen LogP contribution in [0.3, 0.4) is 0 Å². The molecule has 3 rings (SSSR count). The van der Waals surface area contributed by atoms with Gasteiger partial charge in [0.15, 0.2) is 5.65 Å². The largest absolute Gasteiger partial charge is 0.332 e. The van der Waals surface area contributed by atoms with Crippen molar-refractivity contribution in [3.8, 4) is 0 Å². The zero-order valence-corrected chi connectivity index (χ0v) is 18.7. The van der Waals surface area contributed by atoms with E-state index in [1.165, 1.54) is 11.6 Å². The number of fused-ring (bicyclic) bond motifs is 1. The van der Waals surface area contributed by atoms with Crippen molar-refractivity contribution in [2.75, 3.05) is 11.1 Å². The number of para-hydroxylation sites is 1. The van der Waals surface area contributed by atoms with Gasteiger partial charge in [0.1, 0.15) is 16.2 Å². The second-order valence-corrected chi connectivity index (χ2v) is 8.61. The highest BCUT2D eigenvalue weighted by molar-refractivity contribution is 8.00. The number of benzene rings is 1. The Morgan fingerprint density at radius 3 is 2.60 bits per heavy atom. The van der Waals surface area contributed by atoms with Crippen molar-refractivity contribution in [1.82, 2.24) is 19.1 Å². The molecular formula is C20H22ClN5O3S. The molecule has 0 bridgehead atoms. The first-order valence-corrected chi connectivity index (χ1v) is 10.7. The summed E-state index contributed by atoms with van der Waals surface area (Å²) in [6, 6.07) is 6.93. The smallest absolute Gasteiger partial charge is 0.324 e. The number of rotatable bonds is 6. The molecule has 0 unspecified atom stereocenters. The first-order valence-electron chi connectivity index (χ1n) is 9.34. The van der Waals surface area contributed by atoms with E-state index in [0.29, 0.717) is 33.8 Å². The second-order valence-electron chi connectivity index (χ2n) is 7.24. The predicted octanol–water partition coefficient (Wildman–Crippen LogP) is 2.84. The van der Waals surface area contributed by atoms with E-state index in [0.717, 1.165) is 16.3 Å². The number of nitrogens with zero attached hydrogens (tertiary/aromatic N) is 4. The number of halogens is 1. The summed E-state index contributed by atoms with van der Waals surface area (Å²) in [4.78, 5) is 46.6. The molecule has 8 nitrogen and oxygen atoms in total. The van der Waals surface area contributed by atoms with Crippen molar-refractivity contribution in [3.63, 3.8) is 0 Å². The summed E-state index contributed by atoms with van der Waals surface area (Å²) in [6.07, 6.45) is 0. The van der Waals surface area contributed by atoms with Crippen LogP contribution in [0, 0.1) is 12.8 Å². The fourth-order valence-corrected chi connectivity index (χ4v) is 4.00. The third-order valence-electron chi connectivity index (χ3n) is 4.30. The minimum atomic E-state index is -0.482. The van der Waals surface area contributed by atoms with Crippen LogP contribution >= 0.6 is 23.4 Å². The van der Waals surface area contributed by atoms with E-state index in [-0.39, 0.29) is 23.0 Å². The quantitative estimate of drug-likeness (QED) is 0.460. The van der Waals surface area contributed by atoms with Crippen LogP contribution in [0.15, 0.2) is 38.9 Å². The van der Waals surface area contributed by atoms with Gasteiger partial charge in [-0.1, -0.05) is 49.3 Å². The van der Waals surface area contributed by atoms with Gasteiger partial charge in [0.2, 0.25) is 5.91 Å². The molecule has 0 saturated carbocycles. The third kappa shape index (κ3) is 4.57. The lowest BCUT2D eigenvalue weighted by Gasteiger charge is -2.15. The molecule has 1 aromatic carbocycles. The molecule has 0 saturated heterocycles. The monoisotopic (exact) mass is 447 g/mol. The molecule has 0 aliphatic carbocycles. The highest BCUT2D eigenvalue weighted by atomic mass is 35.5. The molecule has 0 spiro atoms. The Bertz CT molecular complexity index is 1240. The topological polar surface area (TPSA) is 98.9 Å². The number of carbonyl (C=O) groups excluding carboxylic acids is 1. The Morgan fingerprint density at radius 2 is 1.93 bits per heavy atom. The van der Waals surface area contributed by atoms with E-state index < -0.39 is 11.2 Å². The molecule has 158 valence electrons. The van der Waals surface area contributed by atoms with E-state index in [1.54, 1.807) is 31.2 Å². The Labute approximate surface area is 182 Å². The number of carbonyl (C=O) groups is 1. The number of thioether (sulfide) groups is 1. The maximum absolute atomic E-state index is 12.8. The lowest BCUT2D eigenvalue weighted by Crippen LogP contribution is -2.39. The molecule has 1 N–H and O–H groups in total. The zero-order chi connectivity index (χ0) is 22.0. The molecule has 3 aromatic rings. The number of aromatic nitrogens is 4. The van der Waals surface area contributed by atoms with Crippen LogP contribution < -0.4 is 16.6 Å². The summed E-state index contributed by atoms with van der Waals surface area (Å²) >= 11 is 7.20. The first kappa shape index (κ1) is 22.0. The molecule has 1 amide bonds. The van der Waals surface area contributed by atoms with Crippen LogP contribution in [0.25, 0.3) is 11.0 Å². The summed E-state index contributed by atoms with van der Waals surface area (Å²) in [5, 5.41) is 3.78. The second kappa shape index (κ2) is 9.01. The molecule has 0 radical (unpaired) electrons. The average Bonchev–Trinajstić information content (AvgIpc) is 2.69. The van der Waals surface area contributed by atoms with Crippen LogP contribution in [-0.2, 0) is 18.4 Å². The fraction of sp³-hybridized carbons (Fsp3) is 0.350. The summed E-state index contributed by atoms with van der Waals surface area (Å²) in [5.41, 5.74) is -0.107. The summed E-state index contributed by atoms with van der Waals surface area (Å²) in [7, 11) is 1.43. The molecule has 30 heavy (non-hydrogen) atoms. The van der Waals surface area contributed by atoms with Crippen molar-refractivity contribution < 1.29 is 4.79 Å². The third-order valence-corrected chi connectivity index (χ3v) is 5.60. The number of aryl methyl sites for hydroxylation is 1. The lowest BCUT2D eigenvalue weighted by atomic mass is 10.2. The van der Waals surface area contributed by atoms with Gasteiger partial charge in [0, 0.05) is 13.6 Å². The van der Waals surface area contributed by atoms with Crippen LogP contribution in [0.1, 0.15) is 19.7 Å². The molecule has 2 heterocycles. The van der Waals surface area contributed by atoms with Crippen molar-refractivity contribution in [2.24, 2.45) is 13.0 Å². The minimum Gasteiger partial charge on any atom is -0.324 e. The van der Waals surface area contributed by atoms with Gasteiger partial charge >= 0.3 is 5.69 Å². The summed E-state index contributed by atoms with van der Waals surface area (Å²) in [5.74, 6) is 0.325. The first-order chi connectivity index (χ1) is 14.2.